The van der Waals surface area contributed by atoms with Gasteiger partial charge in [-0.05, 0) is 37.5 Å². The van der Waals surface area contributed by atoms with Crippen LogP contribution in [-0.4, -0.2) is 25.7 Å². The van der Waals surface area contributed by atoms with E-state index in [1.807, 2.05) is 19.9 Å². The minimum atomic E-state index is -0.103. The molecule has 108 valence electrons. The van der Waals surface area contributed by atoms with Gasteiger partial charge < -0.3 is 10.9 Å². The van der Waals surface area contributed by atoms with Gasteiger partial charge in [0.05, 0.1) is 14.2 Å². The van der Waals surface area contributed by atoms with Crippen molar-refractivity contribution in [2.24, 2.45) is 0 Å². The monoisotopic (exact) mass is 290 g/mol. The Balaban J connectivity index is 0. The average Bonchev–Trinajstić information content (AvgIpc) is 2.37. The molecule has 0 N–H and O–H groups in total. The third-order valence-electron chi connectivity index (χ3n) is 3.19. The molecule has 2 atom stereocenters. The van der Waals surface area contributed by atoms with E-state index in [9.17, 15) is 4.79 Å². The zero-order valence-electron chi connectivity index (χ0n) is 14.4. The molecule has 0 bridgehead atoms. The summed E-state index contributed by atoms with van der Waals surface area (Å²) in [6.45, 7) is 5.96. The minimum Gasteiger partial charge on any atom is -1.00 e. The van der Waals surface area contributed by atoms with Crippen LogP contribution in [0.2, 0.25) is 0 Å². The molecule has 0 aliphatic carbocycles. The molecule has 0 amide bonds. The van der Waals surface area contributed by atoms with E-state index in [0.717, 1.165) is 24.0 Å². The van der Waals surface area contributed by atoms with Crippen LogP contribution >= 0.6 is 9.24 Å². The number of Topliss-reactive ketones (excluding diaryl/α,β-unsaturated/α-hetero) is 1. The van der Waals surface area contributed by atoms with Gasteiger partial charge in [-0.25, -0.2) is 0 Å². The first-order chi connectivity index (χ1) is 8.97. The summed E-state index contributed by atoms with van der Waals surface area (Å²) in [6.07, 6.45) is 1.80. The molecule has 1 rings (SSSR count). The molecule has 3 nitrogen and oxygen atoms in total. The van der Waals surface area contributed by atoms with Gasteiger partial charge in [0, 0.05) is 5.66 Å². The molecule has 0 saturated heterocycles. The Hall–Kier alpha value is -0.483. The van der Waals surface area contributed by atoms with Gasteiger partial charge in [0.25, 0.3) is 0 Å². The second kappa shape index (κ2) is 8.73. The number of methoxy groups -OCH3 is 2. The molecule has 20 heavy (non-hydrogen) atoms. The number of carbonyl (C=O) groups excluding carboxylic acids is 1. The molecule has 0 heterocycles. The number of aryl methyl sites for hydroxylation is 2. The van der Waals surface area contributed by atoms with E-state index in [0.29, 0.717) is 17.1 Å². The van der Waals surface area contributed by atoms with Crippen molar-refractivity contribution in [3.63, 3.8) is 0 Å². The van der Waals surface area contributed by atoms with Crippen molar-refractivity contribution in [1.29, 1.82) is 0 Å². The fourth-order valence-corrected chi connectivity index (χ4v) is 2.83. The average molecular weight is 290 g/mol. The largest absolute Gasteiger partial charge is 1.00 e. The van der Waals surface area contributed by atoms with Gasteiger partial charge in [0.15, 0.2) is 5.78 Å². The molecule has 1 aromatic rings. The van der Waals surface area contributed by atoms with Crippen molar-refractivity contribution >= 4 is 15.0 Å². The molecule has 0 radical (unpaired) electrons. The van der Waals surface area contributed by atoms with Crippen LogP contribution in [0.4, 0.5) is 0 Å². The molecule has 0 aliphatic heterocycles. The first-order valence-corrected chi connectivity index (χ1v) is 7.16. The predicted octanol–water partition coefficient (Wildman–Crippen LogP) is 0.664. The van der Waals surface area contributed by atoms with Crippen LogP contribution in [0.5, 0.6) is 11.5 Å². The van der Waals surface area contributed by atoms with Crippen molar-refractivity contribution in [2.45, 2.75) is 39.3 Å². The molecular weight excluding hydrogens is 266 g/mol. The quantitative estimate of drug-likeness (QED) is 0.439. The van der Waals surface area contributed by atoms with Gasteiger partial charge in [-0.3, -0.25) is 4.79 Å². The summed E-state index contributed by atoms with van der Waals surface area (Å²) in [6, 6.07) is 1.98. The van der Waals surface area contributed by atoms with Gasteiger partial charge in [0.2, 0.25) is 0 Å². The van der Waals surface area contributed by atoms with Crippen molar-refractivity contribution in [3.8, 4) is 11.5 Å². The van der Waals surface area contributed by atoms with E-state index in [4.69, 9.17) is 9.47 Å². The maximum Gasteiger partial charge on any atom is 1.00 e. The van der Waals surface area contributed by atoms with E-state index >= 15 is 0 Å². The number of carbonyl (C=O) groups is 1. The Labute approximate surface area is 137 Å². The predicted molar refractivity (Wildman–Crippen MR) is 82.9 cm³/mol. The molecule has 1 aromatic carbocycles. The van der Waals surface area contributed by atoms with Gasteiger partial charge in [-0.15, -0.1) is 9.24 Å². The fourth-order valence-electron chi connectivity index (χ4n) is 2.33. The summed E-state index contributed by atoms with van der Waals surface area (Å²) in [5.74, 6) is 1.30. The number of rotatable bonds is 6. The maximum absolute atomic E-state index is 12.6. The molecular formula is C15H24LiO3P. The summed E-state index contributed by atoms with van der Waals surface area (Å²) >= 11 is 0. The Kier molecular flexibility index (Phi) is 8.52. The van der Waals surface area contributed by atoms with E-state index in [1.165, 1.54) is 0 Å². The molecule has 0 fully saturated rings. The molecule has 0 aliphatic rings. The van der Waals surface area contributed by atoms with Crippen LogP contribution in [0, 0.1) is 13.8 Å². The number of hydrogen-bond acceptors (Lipinski definition) is 3. The van der Waals surface area contributed by atoms with Crippen molar-refractivity contribution in [3.05, 3.63) is 22.8 Å². The minimum absolute atomic E-state index is 0. The Bertz CT molecular complexity index is 452. The van der Waals surface area contributed by atoms with Gasteiger partial charge in [-0.1, -0.05) is 13.3 Å². The van der Waals surface area contributed by atoms with E-state index in [-0.39, 0.29) is 31.7 Å². The first kappa shape index (κ1) is 19.5. The summed E-state index contributed by atoms with van der Waals surface area (Å²) in [5.41, 5.74) is 2.38. The van der Waals surface area contributed by atoms with Crippen LogP contribution in [0.3, 0.4) is 0 Å². The van der Waals surface area contributed by atoms with Crippen molar-refractivity contribution < 1.29 is 34.6 Å². The number of ether oxygens (including phenoxy) is 2. The van der Waals surface area contributed by atoms with Crippen LogP contribution in [0.15, 0.2) is 6.07 Å². The Morgan fingerprint density at radius 3 is 2.05 bits per heavy atom. The van der Waals surface area contributed by atoms with E-state index < -0.39 is 0 Å². The number of ketones is 1. The summed E-state index contributed by atoms with van der Waals surface area (Å²) in [4.78, 5) is 12.6. The SMILES string of the molecule is CCCC(P)C(=O)c1c(OC)c(C)cc(C)c1OC.[H-].[Li+]. The molecule has 0 aromatic heterocycles. The molecule has 0 spiro atoms. The topological polar surface area (TPSA) is 35.5 Å². The van der Waals surface area contributed by atoms with E-state index in [1.54, 1.807) is 14.2 Å². The maximum atomic E-state index is 12.6. The second-order valence-electron chi connectivity index (χ2n) is 4.71. The molecule has 0 saturated carbocycles. The van der Waals surface area contributed by atoms with Gasteiger partial charge in [-0.2, -0.15) is 0 Å². The van der Waals surface area contributed by atoms with Crippen LogP contribution < -0.4 is 28.3 Å². The second-order valence-corrected chi connectivity index (χ2v) is 5.52. The van der Waals surface area contributed by atoms with Crippen LogP contribution in [0.1, 0.15) is 42.7 Å². The summed E-state index contributed by atoms with van der Waals surface area (Å²) in [5, 5.41) is 0. The van der Waals surface area contributed by atoms with E-state index in [2.05, 4.69) is 16.2 Å². The standard InChI is InChI=1S/C15H23O3P.Li.H/c1-6-7-11(19)13(16)12-14(17-4)9(2)8-10(3)15(12)18-5;;/h8,11H,6-7,19H2,1-5H3;;/q;+1;-1. The Morgan fingerprint density at radius 1 is 1.25 bits per heavy atom. The van der Waals surface area contributed by atoms with Crippen molar-refractivity contribution in [1.82, 2.24) is 0 Å². The third kappa shape index (κ3) is 4.01. The molecule has 2 unspecified atom stereocenters. The fraction of sp³-hybridized carbons (Fsp3) is 0.533. The number of benzene rings is 1. The van der Waals surface area contributed by atoms with Crippen LogP contribution in [-0.2, 0) is 0 Å². The number of hydrogen-bond donors (Lipinski definition) is 0. The zero-order chi connectivity index (χ0) is 14.6. The first-order valence-electron chi connectivity index (χ1n) is 6.49. The van der Waals surface area contributed by atoms with Gasteiger partial charge >= 0.3 is 18.9 Å². The third-order valence-corrected chi connectivity index (χ3v) is 3.83. The van der Waals surface area contributed by atoms with Gasteiger partial charge in [0.1, 0.15) is 17.1 Å². The zero-order valence-corrected chi connectivity index (χ0v) is 14.5. The van der Waals surface area contributed by atoms with Crippen molar-refractivity contribution in [2.75, 3.05) is 14.2 Å². The normalized spacial score (nSPS) is 11.5. The summed E-state index contributed by atoms with van der Waals surface area (Å²) < 4.78 is 10.8. The van der Waals surface area contributed by atoms with Crippen LogP contribution in [0.25, 0.3) is 0 Å². The summed E-state index contributed by atoms with van der Waals surface area (Å²) in [7, 11) is 5.80. The molecule has 5 heteroatoms. The smallest absolute Gasteiger partial charge is 1.00 e. The Morgan fingerprint density at radius 2 is 1.70 bits per heavy atom.